The first kappa shape index (κ1) is 22.2. The molecule has 136 valence electrons. The summed E-state index contributed by atoms with van der Waals surface area (Å²) in [5.41, 5.74) is 1.78. The maximum Gasteiger partial charge on any atom is 1.00 e. The number of thioether (sulfide) groups is 1. The van der Waals surface area contributed by atoms with Crippen molar-refractivity contribution in [3.8, 4) is 6.07 Å². The number of carbonyl (C=O) groups excluding carboxylic acids is 2. The molecule has 3 rings (SSSR count). The predicted molar refractivity (Wildman–Crippen MR) is 101 cm³/mol. The zero-order valence-corrected chi connectivity index (χ0v) is 18.3. The molecule has 1 aliphatic rings. The number of hydrogen-bond acceptors (Lipinski definition) is 5. The summed E-state index contributed by atoms with van der Waals surface area (Å²) in [6.07, 6.45) is 0. The standard InChI is InChI=1S/C20H17N3O3S.Na/c1-13-17(19(25)26)27-20(23(13)12-15-5-3-2-4-6-15)22-18(24)16-9-7-14(11-21)8-10-16;/h2-10,13,17H,12H2,1H3,(H,25,26);/q;+1/p-1. The molecule has 0 aliphatic carbocycles. The number of benzene rings is 2. The van der Waals surface area contributed by atoms with Crippen molar-refractivity contribution < 1.29 is 44.3 Å². The van der Waals surface area contributed by atoms with E-state index in [1.165, 1.54) is 12.1 Å². The van der Waals surface area contributed by atoms with Gasteiger partial charge in [0, 0.05) is 18.2 Å². The van der Waals surface area contributed by atoms with Crippen molar-refractivity contribution in [3.63, 3.8) is 0 Å². The fraction of sp³-hybridized carbons (Fsp3) is 0.200. The van der Waals surface area contributed by atoms with Crippen LogP contribution in [0.25, 0.3) is 0 Å². The summed E-state index contributed by atoms with van der Waals surface area (Å²) < 4.78 is 0. The SMILES string of the molecule is CC1C(C(=O)[O-])SC(=NC(=O)c2ccc(C#N)cc2)N1Cc1ccccc1.[Na+]. The molecule has 1 aliphatic heterocycles. The van der Waals surface area contributed by atoms with Gasteiger partial charge >= 0.3 is 29.6 Å². The van der Waals surface area contributed by atoms with Crippen LogP contribution >= 0.6 is 11.8 Å². The Hall–Kier alpha value is -2.11. The van der Waals surface area contributed by atoms with Crippen LogP contribution in [0.5, 0.6) is 0 Å². The van der Waals surface area contributed by atoms with Gasteiger partial charge in [-0.05, 0) is 36.8 Å². The van der Waals surface area contributed by atoms with E-state index in [9.17, 15) is 14.7 Å². The fourth-order valence-corrected chi connectivity index (χ4v) is 3.95. The Bertz CT molecular complexity index is 926. The van der Waals surface area contributed by atoms with Crippen molar-refractivity contribution >= 4 is 28.8 Å². The summed E-state index contributed by atoms with van der Waals surface area (Å²) in [6.45, 7) is 2.23. The minimum absolute atomic E-state index is 0. The Balaban J connectivity index is 0.00000280. The summed E-state index contributed by atoms with van der Waals surface area (Å²) in [5.74, 6) is -1.66. The van der Waals surface area contributed by atoms with Gasteiger partial charge in [0.25, 0.3) is 5.91 Å². The van der Waals surface area contributed by atoms with Crippen LogP contribution in [0.1, 0.15) is 28.4 Å². The van der Waals surface area contributed by atoms with Crippen LogP contribution in [0.3, 0.4) is 0 Å². The van der Waals surface area contributed by atoms with E-state index in [1.807, 2.05) is 41.3 Å². The molecule has 1 fully saturated rings. The molecule has 1 amide bonds. The average molecular weight is 401 g/mol. The Morgan fingerprint density at radius 2 is 1.82 bits per heavy atom. The topological polar surface area (TPSA) is 96.6 Å². The third-order valence-electron chi connectivity index (χ3n) is 4.29. The summed E-state index contributed by atoms with van der Waals surface area (Å²) in [6, 6.07) is 17.4. The summed E-state index contributed by atoms with van der Waals surface area (Å²) in [7, 11) is 0. The number of carbonyl (C=O) groups is 2. The molecule has 2 atom stereocenters. The maximum atomic E-state index is 12.5. The second kappa shape index (κ2) is 9.89. The zero-order chi connectivity index (χ0) is 19.4. The first-order valence-corrected chi connectivity index (χ1v) is 9.19. The van der Waals surface area contributed by atoms with Crippen molar-refractivity contribution in [2.75, 3.05) is 0 Å². The number of amidine groups is 1. The second-order valence-corrected chi connectivity index (χ2v) is 7.21. The van der Waals surface area contributed by atoms with E-state index in [0.29, 0.717) is 22.8 Å². The van der Waals surface area contributed by atoms with E-state index in [2.05, 4.69) is 4.99 Å². The minimum Gasteiger partial charge on any atom is -0.549 e. The van der Waals surface area contributed by atoms with Crippen molar-refractivity contribution in [1.82, 2.24) is 4.90 Å². The predicted octanol–water partition coefficient (Wildman–Crippen LogP) is -1.19. The van der Waals surface area contributed by atoms with Gasteiger partial charge < -0.3 is 14.8 Å². The molecule has 6 nitrogen and oxygen atoms in total. The van der Waals surface area contributed by atoms with Crippen LogP contribution in [-0.2, 0) is 11.3 Å². The number of rotatable bonds is 4. The van der Waals surface area contributed by atoms with E-state index in [-0.39, 0.29) is 35.6 Å². The van der Waals surface area contributed by atoms with Crippen LogP contribution in [0.4, 0.5) is 0 Å². The molecule has 0 aromatic heterocycles. The van der Waals surface area contributed by atoms with Crippen LogP contribution < -0.4 is 34.7 Å². The molecule has 2 unspecified atom stereocenters. The molecule has 0 N–H and O–H groups in total. The van der Waals surface area contributed by atoms with Crippen molar-refractivity contribution in [1.29, 1.82) is 5.26 Å². The smallest absolute Gasteiger partial charge is 0.549 e. The second-order valence-electron chi connectivity index (χ2n) is 6.10. The number of carboxylic acids is 1. The van der Waals surface area contributed by atoms with E-state index in [4.69, 9.17) is 5.26 Å². The quantitative estimate of drug-likeness (QED) is 0.598. The number of nitrogens with zero attached hydrogens (tertiary/aromatic N) is 3. The summed E-state index contributed by atoms with van der Waals surface area (Å²) in [5, 5.41) is 19.9. The molecule has 2 aromatic carbocycles. The number of nitriles is 1. The molecular formula is C20H16N3NaO3S. The summed E-state index contributed by atoms with van der Waals surface area (Å²) in [4.78, 5) is 29.9. The Morgan fingerprint density at radius 3 is 2.39 bits per heavy atom. The van der Waals surface area contributed by atoms with Crippen molar-refractivity contribution in [3.05, 3.63) is 71.3 Å². The van der Waals surface area contributed by atoms with Crippen molar-refractivity contribution in [2.45, 2.75) is 24.8 Å². The molecule has 0 spiro atoms. The van der Waals surface area contributed by atoms with Crippen LogP contribution in [0, 0.1) is 11.3 Å². The molecule has 1 heterocycles. The van der Waals surface area contributed by atoms with Gasteiger partial charge in [-0.3, -0.25) is 4.79 Å². The minimum atomic E-state index is -1.18. The average Bonchev–Trinajstić information content (AvgIpc) is 2.98. The van der Waals surface area contributed by atoms with Gasteiger partial charge in [0.15, 0.2) is 5.17 Å². The molecule has 0 saturated carbocycles. The largest absolute Gasteiger partial charge is 1.00 e. The zero-order valence-electron chi connectivity index (χ0n) is 15.5. The number of amides is 1. The van der Waals surface area contributed by atoms with Gasteiger partial charge in [-0.1, -0.05) is 42.1 Å². The van der Waals surface area contributed by atoms with Gasteiger partial charge in [-0.25, -0.2) is 0 Å². The van der Waals surface area contributed by atoms with Crippen LogP contribution in [0.15, 0.2) is 59.6 Å². The normalized spacial score (nSPS) is 19.7. The molecule has 0 radical (unpaired) electrons. The van der Waals surface area contributed by atoms with Crippen LogP contribution in [0.2, 0.25) is 0 Å². The summed E-state index contributed by atoms with van der Waals surface area (Å²) >= 11 is 1.03. The number of carboxylic acid groups (broad SMARTS) is 1. The van der Waals surface area contributed by atoms with Crippen LogP contribution in [-0.4, -0.2) is 33.2 Å². The molecule has 1 saturated heterocycles. The maximum absolute atomic E-state index is 12.5. The molecule has 28 heavy (non-hydrogen) atoms. The molecule has 8 heteroatoms. The Kier molecular flexibility index (Phi) is 7.84. The van der Waals surface area contributed by atoms with E-state index < -0.39 is 17.1 Å². The first-order chi connectivity index (χ1) is 13.0. The van der Waals surface area contributed by atoms with Gasteiger partial charge in [0.05, 0.1) is 22.9 Å². The third kappa shape index (κ3) is 5.03. The molecule has 2 aromatic rings. The van der Waals surface area contributed by atoms with Gasteiger partial charge in [-0.2, -0.15) is 10.3 Å². The molecular weight excluding hydrogens is 385 g/mol. The number of aliphatic imine (C=N–C) groups is 1. The third-order valence-corrected chi connectivity index (χ3v) is 5.67. The Labute approximate surface area is 189 Å². The van der Waals surface area contributed by atoms with Gasteiger partial charge in [0.1, 0.15) is 0 Å². The molecule has 0 bridgehead atoms. The van der Waals surface area contributed by atoms with E-state index in [1.54, 1.807) is 19.1 Å². The number of hydrogen-bond donors (Lipinski definition) is 0. The Morgan fingerprint density at radius 1 is 1.18 bits per heavy atom. The fourth-order valence-electron chi connectivity index (χ4n) is 2.78. The van der Waals surface area contributed by atoms with Gasteiger partial charge in [0.2, 0.25) is 0 Å². The number of aliphatic carboxylic acids is 1. The monoisotopic (exact) mass is 401 g/mol. The van der Waals surface area contributed by atoms with E-state index >= 15 is 0 Å². The van der Waals surface area contributed by atoms with Gasteiger partial charge in [-0.15, -0.1) is 0 Å². The first-order valence-electron chi connectivity index (χ1n) is 8.31. The van der Waals surface area contributed by atoms with E-state index in [0.717, 1.165) is 17.3 Å². The van der Waals surface area contributed by atoms with Crippen molar-refractivity contribution in [2.24, 2.45) is 4.99 Å².